The van der Waals surface area contributed by atoms with Gasteiger partial charge in [0.25, 0.3) is 0 Å². The number of halogens is 1. The first-order chi connectivity index (χ1) is 8.51. The van der Waals surface area contributed by atoms with Crippen LogP contribution in [0.3, 0.4) is 0 Å². The van der Waals surface area contributed by atoms with Crippen molar-refractivity contribution in [3.63, 3.8) is 0 Å². The number of nitrogens with one attached hydrogen (secondary N) is 1. The van der Waals surface area contributed by atoms with E-state index in [0.29, 0.717) is 31.1 Å². The molecule has 0 fully saturated rings. The molecule has 0 spiro atoms. The van der Waals surface area contributed by atoms with Crippen molar-refractivity contribution in [1.82, 2.24) is 15.1 Å². The Kier molecular flexibility index (Phi) is 5.62. The SMILES string of the molecule is CCNC(C)(CCn1cc(Cl)cn1)C(=O)OCC. The molecule has 0 aliphatic heterocycles. The molecule has 1 rings (SSSR count). The topological polar surface area (TPSA) is 56.2 Å². The molecule has 0 aromatic carbocycles. The van der Waals surface area contributed by atoms with Gasteiger partial charge in [0, 0.05) is 12.7 Å². The smallest absolute Gasteiger partial charge is 0.326 e. The van der Waals surface area contributed by atoms with Gasteiger partial charge >= 0.3 is 5.97 Å². The van der Waals surface area contributed by atoms with Gasteiger partial charge in [0.2, 0.25) is 0 Å². The van der Waals surface area contributed by atoms with Crippen LogP contribution in [0.2, 0.25) is 5.02 Å². The minimum Gasteiger partial charge on any atom is -0.465 e. The highest BCUT2D eigenvalue weighted by molar-refractivity contribution is 6.30. The summed E-state index contributed by atoms with van der Waals surface area (Å²) in [6, 6.07) is 0. The Bertz CT molecular complexity index is 394. The van der Waals surface area contributed by atoms with Crippen molar-refractivity contribution in [3.8, 4) is 0 Å². The van der Waals surface area contributed by atoms with Crippen molar-refractivity contribution in [3.05, 3.63) is 17.4 Å². The molecule has 0 radical (unpaired) electrons. The molecule has 1 aromatic heterocycles. The summed E-state index contributed by atoms with van der Waals surface area (Å²) in [5.41, 5.74) is -0.691. The van der Waals surface area contributed by atoms with E-state index in [1.165, 1.54) is 0 Å². The van der Waals surface area contributed by atoms with Crippen molar-refractivity contribution < 1.29 is 9.53 Å². The van der Waals surface area contributed by atoms with Crippen LogP contribution in [-0.4, -0.2) is 34.4 Å². The van der Waals surface area contributed by atoms with E-state index in [0.717, 1.165) is 0 Å². The lowest BCUT2D eigenvalue weighted by Gasteiger charge is -2.28. The summed E-state index contributed by atoms with van der Waals surface area (Å²) in [6.45, 7) is 7.30. The highest BCUT2D eigenvalue weighted by Gasteiger charge is 2.33. The highest BCUT2D eigenvalue weighted by atomic mass is 35.5. The monoisotopic (exact) mass is 273 g/mol. The number of hydrogen-bond donors (Lipinski definition) is 1. The van der Waals surface area contributed by atoms with E-state index < -0.39 is 5.54 Å². The van der Waals surface area contributed by atoms with Crippen LogP contribution < -0.4 is 5.32 Å². The second-order valence-electron chi connectivity index (χ2n) is 4.25. The van der Waals surface area contributed by atoms with Gasteiger partial charge in [-0.25, -0.2) is 0 Å². The maximum absolute atomic E-state index is 11.9. The summed E-state index contributed by atoms with van der Waals surface area (Å²) < 4.78 is 6.82. The Hall–Kier alpha value is -1.07. The van der Waals surface area contributed by atoms with Crippen molar-refractivity contribution in [2.45, 2.75) is 39.3 Å². The van der Waals surface area contributed by atoms with Gasteiger partial charge < -0.3 is 10.1 Å². The summed E-state index contributed by atoms with van der Waals surface area (Å²) in [6.07, 6.45) is 3.91. The van der Waals surface area contributed by atoms with E-state index in [1.54, 1.807) is 24.0 Å². The summed E-state index contributed by atoms with van der Waals surface area (Å²) in [5, 5.41) is 7.85. The number of ether oxygens (including phenoxy) is 1. The van der Waals surface area contributed by atoms with Gasteiger partial charge in [-0.2, -0.15) is 5.10 Å². The molecule has 1 N–H and O–H groups in total. The first-order valence-corrected chi connectivity index (χ1v) is 6.50. The second-order valence-corrected chi connectivity index (χ2v) is 4.69. The van der Waals surface area contributed by atoms with Gasteiger partial charge in [0.05, 0.1) is 17.8 Å². The Morgan fingerprint density at radius 3 is 2.83 bits per heavy atom. The molecule has 1 aromatic rings. The molecule has 0 bridgehead atoms. The average molecular weight is 274 g/mol. The Morgan fingerprint density at radius 1 is 1.61 bits per heavy atom. The number of aryl methyl sites for hydroxylation is 1. The van der Waals surface area contributed by atoms with Crippen LogP contribution in [0, 0.1) is 0 Å². The standard InChI is InChI=1S/C12H20ClN3O2/c1-4-14-12(3,11(17)18-5-2)6-7-16-9-10(13)8-15-16/h8-9,14H,4-7H2,1-3H3. The maximum Gasteiger partial charge on any atom is 0.326 e. The molecule has 18 heavy (non-hydrogen) atoms. The minimum absolute atomic E-state index is 0.231. The van der Waals surface area contributed by atoms with Crippen LogP contribution in [0.1, 0.15) is 27.2 Å². The van der Waals surface area contributed by atoms with Crippen LogP contribution >= 0.6 is 11.6 Å². The van der Waals surface area contributed by atoms with Crippen molar-refractivity contribution >= 4 is 17.6 Å². The summed E-state index contributed by atoms with van der Waals surface area (Å²) in [5.74, 6) is -0.231. The second kappa shape index (κ2) is 6.75. The molecule has 1 atom stereocenters. The molecule has 0 amide bonds. The van der Waals surface area contributed by atoms with Crippen LogP contribution in [0.15, 0.2) is 12.4 Å². The van der Waals surface area contributed by atoms with Gasteiger partial charge in [-0.1, -0.05) is 18.5 Å². The first-order valence-electron chi connectivity index (χ1n) is 6.12. The first kappa shape index (κ1) is 15.0. The summed E-state index contributed by atoms with van der Waals surface area (Å²) >= 11 is 5.79. The van der Waals surface area contributed by atoms with E-state index in [-0.39, 0.29) is 5.97 Å². The number of likely N-dealkylation sites (N-methyl/N-ethyl adjacent to an activating group) is 1. The molecule has 0 aliphatic rings. The van der Waals surface area contributed by atoms with Crippen molar-refractivity contribution in [2.24, 2.45) is 0 Å². The fourth-order valence-electron chi connectivity index (χ4n) is 1.74. The number of carbonyl (C=O) groups excluding carboxylic acids is 1. The van der Waals surface area contributed by atoms with Gasteiger partial charge in [-0.3, -0.25) is 9.48 Å². The van der Waals surface area contributed by atoms with Crippen molar-refractivity contribution in [2.75, 3.05) is 13.2 Å². The molecular formula is C12H20ClN3O2. The summed E-state index contributed by atoms with van der Waals surface area (Å²) in [7, 11) is 0. The summed E-state index contributed by atoms with van der Waals surface area (Å²) in [4.78, 5) is 11.9. The van der Waals surface area contributed by atoms with Crippen LogP contribution in [0.5, 0.6) is 0 Å². The molecule has 6 heteroatoms. The molecule has 0 saturated carbocycles. The number of aromatic nitrogens is 2. The zero-order chi connectivity index (χ0) is 13.6. The van der Waals surface area contributed by atoms with Gasteiger partial charge in [-0.05, 0) is 26.8 Å². The Labute approximate surface area is 112 Å². The minimum atomic E-state index is -0.691. The number of carbonyl (C=O) groups is 1. The predicted octanol–water partition coefficient (Wildman–Crippen LogP) is 1.86. The molecular weight excluding hydrogens is 254 g/mol. The van der Waals surface area contributed by atoms with Crippen LogP contribution in [0.25, 0.3) is 0 Å². The van der Waals surface area contributed by atoms with Crippen LogP contribution in [-0.2, 0) is 16.1 Å². The van der Waals surface area contributed by atoms with Gasteiger partial charge in [-0.15, -0.1) is 0 Å². The lowest BCUT2D eigenvalue weighted by Crippen LogP contribution is -2.51. The molecule has 5 nitrogen and oxygen atoms in total. The molecule has 0 aliphatic carbocycles. The maximum atomic E-state index is 11.9. The number of rotatable bonds is 7. The van der Waals surface area contributed by atoms with E-state index in [1.807, 2.05) is 13.8 Å². The van der Waals surface area contributed by atoms with E-state index in [4.69, 9.17) is 16.3 Å². The third-order valence-corrected chi connectivity index (χ3v) is 2.93. The fraction of sp³-hybridized carbons (Fsp3) is 0.667. The lowest BCUT2D eigenvalue weighted by molar-refractivity contribution is -0.150. The van der Waals surface area contributed by atoms with Gasteiger partial charge in [0.1, 0.15) is 5.54 Å². The van der Waals surface area contributed by atoms with Crippen LogP contribution in [0.4, 0.5) is 0 Å². The van der Waals surface area contributed by atoms with Crippen molar-refractivity contribution in [1.29, 1.82) is 0 Å². The lowest BCUT2D eigenvalue weighted by atomic mass is 9.98. The van der Waals surface area contributed by atoms with E-state index >= 15 is 0 Å². The quantitative estimate of drug-likeness (QED) is 0.771. The highest BCUT2D eigenvalue weighted by Crippen LogP contribution is 2.14. The number of nitrogens with zero attached hydrogens (tertiary/aromatic N) is 2. The Balaban J connectivity index is 2.64. The zero-order valence-electron chi connectivity index (χ0n) is 11.1. The third-order valence-electron chi connectivity index (χ3n) is 2.74. The fourth-order valence-corrected chi connectivity index (χ4v) is 1.90. The number of hydrogen-bond acceptors (Lipinski definition) is 4. The van der Waals surface area contributed by atoms with E-state index in [2.05, 4.69) is 10.4 Å². The zero-order valence-corrected chi connectivity index (χ0v) is 11.8. The number of esters is 1. The largest absolute Gasteiger partial charge is 0.465 e. The molecule has 102 valence electrons. The normalized spacial score (nSPS) is 14.2. The molecule has 1 unspecified atom stereocenters. The Morgan fingerprint density at radius 2 is 2.33 bits per heavy atom. The average Bonchev–Trinajstić information content (AvgIpc) is 2.73. The molecule has 1 heterocycles. The molecule has 0 saturated heterocycles. The third kappa shape index (κ3) is 3.99. The predicted molar refractivity (Wildman–Crippen MR) is 70.6 cm³/mol. The van der Waals surface area contributed by atoms with E-state index in [9.17, 15) is 4.79 Å². The van der Waals surface area contributed by atoms with Gasteiger partial charge in [0.15, 0.2) is 0 Å².